The van der Waals surface area contributed by atoms with Crippen molar-refractivity contribution >= 4 is 34.0 Å². The Labute approximate surface area is 124 Å². The number of imidazole rings is 1. The molecule has 4 aromatic heterocycles. The first-order chi connectivity index (χ1) is 10.4. The molecule has 102 valence electrons. The van der Waals surface area contributed by atoms with Gasteiger partial charge in [-0.1, -0.05) is 6.07 Å². The molecule has 4 rings (SSSR count). The van der Waals surface area contributed by atoms with E-state index in [9.17, 15) is 0 Å². The van der Waals surface area contributed by atoms with E-state index in [2.05, 4.69) is 30.2 Å². The fourth-order valence-corrected chi connectivity index (χ4v) is 2.53. The normalized spacial score (nSPS) is 10.9. The van der Waals surface area contributed by atoms with Gasteiger partial charge >= 0.3 is 0 Å². The lowest BCUT2D eigenvalue weighted by atomic mass is 10.4. The molecule has 4 aromatic rings. The third-order valence-corrected chi connectivity index (χ3v) is 3.55. The van der Waals surface area contributed by atoms with Gasteiger partial charge < -0.3 is 10.3 Å². The molecule has 0 aromatic carbocycles. The summed E-state index contributed by atoms with van der Waals surface area (Å²) in [5.41, 5.74) is 4.35. The Morgan fingerprint density at radius 1 is 1.10 bits per heavy atom. The fraction of sp³-hybridized carbons (Fsp3) is 0. The molecule has 0 amide bonds. The van der Waals surface area contributed by atoms with Crippen molar-refractivity contribution in [3.05, 3.63) is 47.5 Å². The van der Waals surface area contributed by atoms with Crippen LogP contribution in [0.15, 0.2) is 47.5 Å². The first-order valence-electron chi connectivity index (χ1n) is 6.31. The van der Waals surface area contributed by atoms with E-state index in [-0.39, 0.29) is 0 Å². The number of nitrogens with one attached hydrogen (secondary N) is 2. The number of aromatic nitrogens is 5. The number of hydrogen-bond donors (Lipinski definition) is 2. The van der Waals surface area contributed by atoms with Crippen molar-refractivity contribution in [3.63, 3.8) is 0 Å². The highest BCUT2D eigenvalue weighted by Gasteiger charge is 2.08. The lowest BCUT2D eigenvalue weighted by molar-refractivity contribution is 1.26. The van der Waals surface area contributed by atoms with Gasteiger partial charge in [0.15, 0.2) is 5.82 Å². The predicted molar refractivity (Wildman–Crippen MR) is 82.5 cm³/mol. The third-order valence-electron chi connectivity index (χ3n) is 2.96. The molecule has 0 unspecified atom stereocenters. The highest BCUT2D eigenvalue weighted by molar-refractivity contribution is 7.07. The van der Waals surface area contributed by atoms with Crippen molar-refractivity contribution in [1.29, 1.82) is 0 Å². The van der Waals surface area contributed by atoms with Crippen LogP contribution >= 0.6 is 11.3 Å². The SMILES string of the molecule is c1ccc(Nc2cc3nc(-c4cscn4)[nH]c3cn2)nc1. The molecule has 0 radical (unpaired) electrons. The summed E-state index contributed by atoms with van der Waals surface area (Å²) in [6, 6.07) is 7.56. The standard InChI is InChI=1S/C14H10N6S/c1-2-4-15-12(3-1)20-13-5-9-10(6-16-13)19-14(18-9)11-7-21-8-17-11/h1-8H,(H,18,19)(H,15,16,20). The zero-order valence-electron chi connectivity index (χ0n) is 10.8. The smallest absolute Gasteiger partial charge is 0.158 e. The highest BCUT2D eigenvalue weighted by Crippen LogP contribution is 2.22. The molecule has 4 heterocycles. The molecule has 0 aliphatic carbocycles. The number of aromatic amines is 1. The molecular formula is C14H10N6S. The number of nitrogens with zero attached hydrogens (tertiary/aromatic N) is 4. The Balaban J connectivity index is 1.70. The number of rotatable bonds is 3. The van der Waals surface area contributed by atoms with Crippen LogP contribution in [0, 0.1) is 0 Å². The molecule has 0 bridgehead atoms. The maximum Gasteiger partial charge on any atom is 0.158 e. The molecule has 0 fully saturated rings. The molecule has 0 spiro atoms. The number of hydrogen-bond acceptors (Lipinski definition) is 6. The first-order valence-corrected chi connectivity index (χ1v) is 7.25. The fourth-order valence-electron chi connectivity index (χ4n) is 2.00. The van der Waals surface area contributed by atoms with E-state index >= 15 is 0 Å². The zero-order chi connectivity index (χ0) is 14.1. The van der Waals surface area contributed by atoms with Gasteiger partial charge in [0.2, 0.25) is 0 Å². The van der Waals surface area contributed by atoms with Crippen LogP contribution in [-0.2, 0) is 0 Å². The number of H-pyrrole nitrogens is 1. The van der Waals surface area contributed by atoms with E-state index in [4.69, 9.17) is 0 Å². The summed E-state index contributed by atoms with van der Waals surface area (Å²) in [6.07, 6.45) is 3.49. The maximum absolute atomic E-state index is 4.55. The maximum atomic E-state index is 4.55. The largest absolute Gasteiger partial charge is 0.335 e. The molecule has 6 nitrogen and oxygen atoms in total. The Morgan fingerprint density at radius 3 is 2.90 bits per heavy atom. The second-order valence-electron chi connectivity index (χ2n) is 4.39. The summed E-state index contributed by atoms with van der Waals surface area (Å²) in [7, 11) is 0. The van der Waals surface area contributed by atoms with Crippen molar-refractivity contribution in [3.8, 4) is 11.5 Å². The van der Waals surface area contributed by atoms with Crippen LogP contribution in [0.4, 0.5) is 11.6 Å². The van der Waals surface area contributed by atoms with Gasteiger partial charge in [0, 0.05) is 17.6 Å². The second-order valence-corrected chi connectivity index (χ2v) is 5.10. The molecule has 0 saturated heterocycles. The third kappa shape index (κ3) is 2.34. The Hall–Kier alpha value is -2.80. The molecule has 0 saturated carbocycles. The van der Waals surface area contributed by atoms with Gasteiger partial charge in [-0.25, -0.2) is 19.9 Å². The molecule has 21 heavy (non-hydrogen) atoms. The van der Waals surface area contributed by atoms with Crippen LogP contribution in [0.5, 0.6) is 0 Å². The summed E-state index contributed by atoms with van der Waals surface area (Å²) in [5.74, 6) is 2.21. The van der Waals surface area contributed by atoms with E-state index in [0.717, 1.165) is 28.4 Å². The van der Waals surface area contributed by atoms with Gasteiger partial charge in [-0.15, -0.1) is 11.3 Å². The minimum Gasteiger partial charge on any atom is -0.335 e. The van der Waals surface area contributed by atoms with Gasteiger partial charge in [0.05, 0.1) is 22.7 Å². The number of anilines is 2. The van der Waals surface area contributed by atoms with Crippen LogP contribution < -0.4 is 5.32 Å². The van der Waals surface area contributed by atoms with Gasteiger partial charge in [0.25, 0.3) is 0 Å². The van der Waals surface area contributed by atoms with E-state index in [0.29, 0.717) is 5.82 Å². The van der Waals surface area contributed by atoms with Crippen LogP contribution in [-0.4, -0.2) is 24.9 Å². The summed E-state index contributed by atoms with van der Waals surface area (Å²) in [6.45, 7) is 0. The molecule has 7 heteroatoms. The molecule has 0 atom stereocenters. The quantitative estimate of drug-likeness (QED) is 0.606. The second kappa shape index (κ2) is 4.95. The number of thiazole rings is 1. The predicted octanol–water partition coefficient (Wildman–Crippen LogP) is 3.22. The van der Waals surface area contributed by atoms with Gasteiger partial charge in [0.1, 0.15) is 17.3 Å². The average molecular weight is 294 g/mol. The Kier molecular flexibility index (Phi) is 2.82. The van der Waals surface area contributed by atoms with Crippen molar-refractivity contribution in [2.75, 3.05) is 5.32 Å². The van der Waals surface area contributed by atoms with Crippen LogP contribution in [0.3, 0.4) is 0 Å². The van der Waals surface area contributed by atoms with Crippen LogP contribution in [0.1, 0.15) is 0 Å². The van der Waals surface area contributed by atoms with Gasteiger partial charge in [-0.05, 0) is 12.1 Å². The van der Waals surface area contributed by atoms with Crippen molar-refractivity contribution in [1.82, 2.24) is 24.9 Å². The van der Waals surface area contributed by atoms with Crippen LogP contribution in [0.25, 0.3) is 22.6 Å². The van der Waals surface area contributed by atoms with Crippen molar-refractivity contribution < 1.29 is 0 Å². The number of fused-ring (bicyclic) bond motifs is 1. The summed E-state index contributed by atoms with van der Waals surface area (Å²) in [4.78, 5) is 20.6. The summed E-state index contributed by atoms with van der Waals surface area (Å²) in [5, 5.41) is 5.11. The van der Waals surface area contributed by atoms with Gasteiger partial charge in [-0.2, -0.15) is 0 Å². The summed E-state index contributed by atoms with van der Waals surface area (Å²) < 4.78 is 0. The first kappa shape index (κ1) is 12.0. The summed E-state index contributed by atoms with van der Waals surface area (Å²) >= 11 is 1.54. The van der Waals surface area contributed by atoms with Gasteiger partial charge in [-0.3, -0.25) is 0 Å². The molecular weight excluding hydrogens is 284 g/mol. The monoisotopic (exact) mass is 294 g/mol. The van der Waals surface area contributed by atoms with E-state index in [1.165, 1.54) is 0 Å². The average Bonchev–Trinajstić information content (AvgIpc) is 3.17. The lowest BCUT2D eigenvalue weighted by Gasteiger charge is -2.03. The topological polar surface area (TPSA) is 79.4 Å². The lowest BCUT2D eigenvalue weighted by Crippen LogP contribution is -1.94. The minimum atomic E-state index is 0.706. The van der Waals surface area contributed by atoms with E-state index in [1.54, 1.807) is 29.2 Å². The zero-order valence-corrected chi connectivity index (χ0v) is 11.6. The van der Waals surface area contributed by atoms with Crippen molar-refractivity contribution in [2.45, 2.75) is 0 Å². The number of pyridine rings is 2. The van der Waals surface area contributed by atoms with E-state index < -0.39 is 0 Å². The van der Waals surface area contributed by atoms with Crippen LogP contribution in [0.2, 0.25) is 0 Å². The van der Waals surface area contributed by atoms with Crippen molar-refractivity contribution in [2.24, 2.45) is 0 Å². The molecule has 2 N–H and O–H groups in total. The molecule has 0 aliphatic rings. The molecule has 0 aliphatic heterocycles. The van der Waals surface area contributed by atoms with E-state index in [1.807, 2.05) is 29.6 Å². The highest BCUT2D eigenvalue weighted by atomic mass is 32.1. The minimum absolute atomic E-state index is 0.706. The Morgan fingerprint density at radius 2 is 2.10 bits per heavy atom. The Bertz CT molecular complexity index is 869.